The van der Waals surface area contributed by atoms with Crippen molar-refractivity contribution in [3.05, 3.63) is 30.0 Å². The molecule has 1 N–H and O–H groups in total. The average molecular weight is 236 g/mol. The highest BCUT2D eigenvalue weighted by molar-refractivity contribution is 7.13. The molecule has 0 fully saturated rings. The molecule has 2 aromatic rings. The van der Waals surface area contributed by atoms with Gasteiger partial charge in [0.25, 0.3) is 0 Å². The molecule has 0 saturated heterocycles. The standard InChI is InChI=1S/C10H12N4OS/c1-8(14-5-2-3-12-14)7-9(15)13-10-11-4-6-16-10/h2-6,8H,7H2,1H3,(H,11,13,15). The largest absolute Gasteiger partial charge is 0.302 e. The van der Waals surface area contributed by atoms with Gasteiger partial charge in [-0.1, -0.05) is 0 Å². The summed E-state index contributed by atoms with van der Waals surface area (Å²) < 4.78 is 1.77. The van der Waals surface area contributed by atoms with Crippen LogP contribution in [0.1, 0.15) is 19.4 Å². The van der Waals surface area contributed by atoms with Gasteiger partial charge in [-0.25, -0.2) is 4.98 Å². The zero-order chi connectivity index (χ0) is 11.4. The lowest BCUT2D eigenvalue weighted by Crippen LogP contribution is -2.17. The van der Waals surface area contributed by atoms with Crippen molar-refractivity contribution in [1.29, 1.82) is 0 Å². The van der Waals surface area contributed by atoms with Crippen molar-refractivity contribution in [2.75, 3.05) is 5.32 Å². The SMILES string of the molecule is CC(CC(=O)Nc1nccs1)n1cccn1. The number of amides is 1. The molecule has 0 bridgehead atoms. The normalized spacial score (nSPS) is 12.3. The van der Waals surface area contributed by atoms with Gasteiger partial charge in [0.1, 0.15) is 0 Å². The third-order valence-electron chi connectivity index (χ3n) is 2.14. The molecule has 2 aromatic heterocycles. The van der Waals surface area contributed by atoms with E-state index >= 15 is 0 Å². The van der Waals surface area contributed by atoms with Gasteiger partial charge >= 0.3 is 0 Å². The molecule has 2 rings (SSSR count). The molecular weight excluding hydrogens is 224 g/mol. The van der Waals surface area contributed by atoms with Gasteiger partial charge in [0.05, 0.1) is 6.04 Å². The Hall–Kier alpha value is -1.69. The lowest BCUT2D eigenvalue weighted by Gasteiger charge is -2.10. The minimum Gasteiger partial charge on any atom is -0.302 e. The Balaban J connectivity index is 1.88. The molecule has 2 heterocycles. The fourth-order valence-electron chi connectivity index (χ4n) is 1.36. The maximum absolute atomic E-state index is 11.6. The van der Waals surface area contributed by atoms with Gasteiger partial charge in [0, 0.05) is 30.4 Å². The first-order valence-corrected chi connectivity index (χ1v) is 5.82. The smallest absolute Gasteiger partial charge is 0.228 e. The van der Waals surface area contributed by atoms with Crippen molar-refractivity contribution < 1.29 is 4.79 Å². The highest BCUT2D eigenvalue weighted by Crippen LogP contribution is 2.13. The number of anilines is 1. The zero-order valence-corrected chi connectivity index (χ0v) is 9.65. The van der Waals surface area contributed by atoms with Crippen molar-refractivity contribution in [2.45, 2.75) is 19.4 Å². The number of hydrogen-bond acceptors (Lipinski definition) is 4. The van der Waals surface area contributed by atoms with E-state index in [0.29, 0.717) is 11.6 Å². The van der Waals surface area contributed by atoms with Gasteiger partial charge in [-0.05, 0) is 13.0 Å². The van der Waals surface area contributed by atoms with Gasteiger partial charge < -0.3 is 5.32 Å². The van der Waals surface area contributed by atoms with E-state index in [9.17, 15) is 4.79 Å². The predicted octanol–water partition coefficient (Wildman–Crippen LogP) is 1.93. The lowest BCUT2D eigenvalue weighted by atomic mass is 10.2. The third-order valence-corrected chi connectivity index (χ3v) is 2.82. The molecule has 1 amide bonds. The molecule has 16 heavy (non-hydrogen) atoms. The van der Waals surface area contributed by atoms with E-state index in [2.05, 4.69) is 15.4 Å². The topological polar surface area (TPSA) is 59.8 Å². The number of nitrogens with one attached hydrogen (secondary N) is 1. The van der Waals surface area contributed by atoms with Gasteiger partial charge in [0.15, 0.2) is 5.13 Å². The molecule has 0 spiro atoms. The summed E-state index contributed by atoms with van der Waals surface area (Å²) in [6, 6.07) is 1.89. The second-order valence-corrected chi connectivity index (χ2v) is 4.32. The van der Waals surface area contributed by atoms with Crippen LogP contribution in [-0.2, 0) is 4.79 Å². The molecular formula is C10H12N4OS. The number of carbonyl (C=O) groups is 1. The second kappa shape index (κ2) is 4.89. The van der Waals surface area contributed by atoms with Crippen molar-refractivity contribution in [3.8, 4) is 0 Å². The Kier molecular flexibility index (Phi) is 3.31. The summed E-state index contributed by atoms with van der Waals surface area (Å²) in [6.45, 7) is 1.95. The number of aromatic nitrogens is 3. The van der Waals surface area contributed by atoms with Crippen LogP contribution in [0.3, 0.4) is 0 Å². The van der Waals surface area contributed by atoms with E-state index in [4.69, 9.17) is 0 Å². The molecule has 1 unspecified atom stereocenters. The first-order valence-electron chi connectivity index (χ1n) is 4.94. The minimum atomic E-state index is -0.0436. The Morgan fingerprint density at radius 1 is 1.62 bits per heavy atom. The van der Waals surface area contributed by atoms with Gasteiger partial charge in [-0.2, -0.15) is 5.10 Å². The van der Waals surface area contributed by atoms with E-state index < -0.39 is 0 Å². The van der Waals surface area contributed by atoms with Gasteiger partial charge in [-0.15, -0.1) is 11.3 Å². The van der Waals surface area contributed by atoms with Crippen LogP contribution in [0.25, 0.3) is 0 Å². The van der Waals surface area contributed by atoms with Crippen LogP contribution in [0.4, 0.5) is 5.13 Å². The molecule has 5 nitrogen and oxygen atoms in total. The maximum Gasteiger partial charge on any atom is 0.228 e. The van der Waals surface area contributed by atoms with Crippen LogP contribution < -0.4 is 5.32 Å². The number of thiazole rings is 1. The monoisotopic (exact) mass is 236 g/mol. The molecule has 0 aliphatic rings. The van der Waals surface area contributed by atoms with E-state index in [1.807, 2.05) is 24.6 Å². The van der Waals surface area contributed by atoms with E-state index in [0.717, 1.165) is 0 Å². The fraction of sp³-hybridized carbons (Fsp3) is 0.300. The molecule has 0 saturated carbocycles. The third kappa shape index (κ3) is 2.66. The second-order valence-electron chi connectivity index (χ2n) is 3.42. The maximum atomic E-state index is 11.6. The molecule has 84 valence electrons. The molecule has 0 radical (unpaired) electrons. The van der Waals surface area contributed by atoms with Crippen molar-refractivity contribution in [2.24, 2.45) is 0 Å². The number of carbonyl (C=O) groups excluding carboxylic acids is 1. The quantitative estimate of drug-likeness (QED) is 0.882. The molecule has 1 atom stereocenters. The van der Waals surface area contributed by atoms with E-state index in [1.165, 1.54) is 11.3 Å². The summed E-state index contributed by atoms with van der Waals surface area (Å²) in [7, 11) is 0. The Morgan fingerprint density at radius 2 is 2.50 bits per heavy atom. The summed E-state index contributed by atoms with van der Waals surface area (Å²) >= 11 is 1.41. The molecule has 0 aliphatic carbocycles. The molecule has 0 aliphatic heterocycles. The van der Waals surface area contributed by atoms with Crippen LogP contribution in [0, 0.1) is 0 Å². The Morgan fingerprint density at radius 3 is 3.12 bits per heavy atom. The van der Waals surface area contributed by atoms with Gasteiger partial charge in [0.2, 0.25) is 5.91 Å². The van der Waals surface area contributed by atoms with Crippen LogP contribution in [-0.4, -0.2) is 20.7 Å². The summed E-state index contributed by atoms with van der Waals surface area (Å²) in [5.74, 6) is -0.0436. The highest BCUT2D eigenvalue weighted by Gasteiger charge is 2.11. The summed E-state index contributed by atoms with van der Waals surface area (Å²) in [6.07, 6.45) is 5.61. The average Bonchev–Trinajstić information content (AvgIpc) is 2.88. The Bertz CT molecular complexity index is 437. The predicted molar refractivity (Wildman–Crippen MR) is 62.3 cm³/mol. The zero-order valence-electron chi connectivity index (χ0n) is 8.83. The first-order chi connectivity index (χ1) is 7.75. The fourth-order valence-corrected chi connectivity index (χ4v) is 1.90. The van der Waals surface area contributed by atoms with Crippen LogP contribution >= 0.6 is 11.3 Å². The van der Waals surface area contributed by atoms with E-state index in [-0.39, 0.29) is 11.9 Å². The van der Waals surface area contributed by atoms with Crippen LogP contribution in [0.2, 0.25) is 0 Å². The Labute approximate surface area is 97.1 Å². The minimum absolute atomic E-state index is 0.0436. The van der Waals surface area contributed by atoms with Crippen LogP contribution in [0.15, 0.2) is 30.0 Å². The number of hydrogen-bond donors (Lipinski definition) is 1. The van der Waals surface area contributed by atoms with E-state index in [1.54, 1.807) is 17.1 Å². The number of rotatable bonds is 4. The first kappa shape index (κ1) is 10.8. The van der Waals surface area contributed by atoms with Crippen LogP contribution in [0.5, 0.6) is 0 Å². The molecule has 6 heteroatoms. The summed E-state index contributed by atoms with van der Waals surface area (Å²) in [5.41, 5.74) is 0. The van der Waals surface area contributed by atoms with Crippen molar-refractivity contribution in [1.82, 2.24) is 14.8 Å². The molecule has 0 aromatic carbocycles. The number of nitrogens with zero attached hydrogens (tertiary/aromatic N) is 3. The lowest BCUT2D eigenvalue weighted by molar-refractivity contribution is -0.116. The van der Waals surface area contributed by atoms with Gasteiger partial charge in [-0.3, -0.25) is 9.48 Å². The van der Waals surface area contributed by atoms with Crippen molar-refractivity contribution >= 4 is 22.4 Å². The summed E-state index contributed by atoms with van der Waals surface area (Å²) in [4.78, 5) is 15.6. The summed E-state index contributed by atoms with van der Waals surface area (Å²) in [5, 5.41) is 9.29. The van der Waals surface area contributed by atoms with Crippen molar-refractivity contribution in [3.63, 3.8) is 0 Å². The highest BCUT2D eigenvalue weighted by atomic mass is 32.1.